The number of nitrogens with zero attached hydrogens (tertiary/aromatic N) is 3. The van der Waals surface area contributed by atoms with Crippen molar-refractivity contribution in [3.05, 3.63) is 76.7 Å². The van der Waals surface area contributed by atoms with Crippen LogP contribution in [-0.4, -0.2) is 26.3 Å². The van der Waals surface area contributed by atoms with Gasteiger partial charge in [-0.05, 0) is 50.6 Å². The highest BCUT2D eigenvalue weighted by atomic mass is 35.5. The number of para-hydroxylation sites is 1. The molecule has 9 heteroatoms. The summed E-state index contributed by atoms with van der Waals surface area (Å²) in [4.78, 5) is 34.4. The molecule has 0 aliphatic heterocycles. The second-order valence-corrected chi connectivity index (χ2v) is 8.33. The molecule has 168 valence electrons. The van der Waals surface area contributed by atoms with Crippen molar-refractivity contribution in [2.24, 2.45) is 0 Å². The van der Waals surface area contributed by atoms with Crippen molar-refractivity contribution in [3.8, 4) is 0 Å². The highest BCUT2D eigenvalue weighted by Gasteiger charge is 2.22. The van der Waals surface area contributed by atoms with Crippen LogP contribution in [0.15, 0.2) is 55.0 Å². The molecule has 0 aliphatic rings. The number of aryl methyl sites for hydroxylation is 1. The number of nitrogens with two attached hydrogens (primary N) is 1. The molecule has 0 saturated heterocycles. The minimum absolute atomic E-state index is 0.0750. The van der Waals surface area contributed by atoms with E-state index in [9.17, 15) is 9.59 Å². The average Bonchev–Trinajstić information content (AvgIpc) is 3.17. The van der Waals surface area contributed by atoms with Crippen LogP contribution in [0.25, 0.3) is 11.0 Å². The Morgan fingerprint density at radius 3 is 2.55 bits per heavy atom. The number of nitrogen functional groups attached to an aromatic ring is 1. The number of aromatic nitrogens is 3. The van der Waals surface area contributed by atoms with Gasteiger partial charge in [-0.25, -0.2) is 14.8 Å². The first kappa shape index (κ1) is 22.3. The number of hydrogen-bond donors (Lipinski definition) is 3. The van der Waals surface area contributed by atoms with Crippen molar-refractivity contribution >= 4 is 51.6 Å². The van der Waals surface area contributed by atoms with E-state index >= 15 is 0 Å². The Kier molecular flexibility index (Phi) is 6.02. The molecular formula is C24H23ClN6O2. The number of halogens is 1. The molecule has 4 rings (SSSR count). The number of carbonyl (C=O) groups excluding carboxylic acids is 2. The van der Waals surface area contributed by atoms with E-state index < -0.39 is 6.03 Å². The maximum Gasteiger partial charge on any atom is 0.323 e. The fourth-order valence-electron chi connectivity index (χ4n) is 3.61. The summed E-state index contributed by atoms with van der Waals surface area (Å²) in [6.45, 7) is 5.83. The van der Waals surface area contributed by atoms with Crippen LogP contribution >= 0.6 is 11.6 Å². The van der Waals surface area contributed by atoms with E-state index in [4.69, 9.17) is 17.3 Å². The van der Waals surface area contributed by atoms with Crippen LogP contribution in [-0.2, 0) is 0 Å². The number of fused-ring (bicyclic) bond motifs is 1. The fraction of sp³-hybridized carbons (Fsp3) is 0.167. The minimum Gasteiger partial charge on any atom is -0.383 e. The highest BCUT2D eigenvalue weighted by Crippen LogP contribution is 2.30. The molecule has 2 heterocycles. The molecule has 33 heavy (non-hydrogen) atoms. The molecule has 2 aromatic carbocycles. The number of benzene rings is 2. The van der Waals surface area contributed by atoms with E-state index in [2.05, 4.69) is 20.6 Å². The summed E-state index contributed by atoms with van der Waals surface area (Å²) in [5.74, 6) is 0.0161. The Morgan fingerprint density at radius 1 is 1.06 bits per heavy atom. The van der Waals surface area contributed by atoms with Crippen LogP contribution < -0.4 is 16.4 Å². The minimum atomic E-state index is -0.473. The fourth-order valence-corrected chi connectivity index (χ4v) is 3.79. The zero-order valence-electron chi connectivity index (χ0n) is 18.4. The van der Waals surface area contributed by atoms with Crippen LogP contribution in [0.2, 0.25) is 5.02 Å². The van der Waals surface area contributed by atoms with E-state index in [1.54, 1.807) is 48.7 Å². The van der Waals surface area contributed by atoms with Crippen LogP contribution in [0, 0.1) is 6.92 Å². The maximum absolute atomic E-state index is 13.6. The standard InChI is InChI=1S/C24H23ClN6O2/c1-13(2)31-11-17(20-22(26)27-12-28-23(20)31)21(32)16-10-15(9-8-14(16)3)29-24(33)30-19-7-5-4-6-18(19)25/h4-13H,1-3H3,(H2,26,27,28)(H2,29,30,33). The molecule has 8 nitrogen and oxygen atoms in total. The van der Waals surface area contributed by atoms with Crippen LogP contribution in [0.4, 0.5) is 22.0 Å². The maximum atomic E-state index is 13.6. The van der Waals surface area contributed by atoms with Gasteiger partial charge < -0.3 is 20.9 Å². The first-order valence-electron chi connectivity index (χ1n) is 10.3. The Bertz CT molecular complexity index is 1380. The second kappa shape index (κ2) is 8.91. The van der Waals surface area contributed by atoms with Crippen molar-refractivity contribution in [2.75, 3.05) is 16.4 Å². The predicted molar refractivity (Wildman–Crippen MR) is 131 cm³/mol. The third-order valence-corrected chi connectivity index (χ3v) is 5.63. The topological polar surface area (TPSA) is 115 Å². The lowest BCUT2D eigenvalue weighted by molar-refractivity contribution is 0.103. The van der Waals surface area contributed by atoms with Gasteiger partial charge in [-0.3, -0.25) is 4.79 Å². The van der Waals surface area contributed by atoms with Crippen LogP contribution in [0.1, 0.15) is 41.4 Å². The molecular weight excluding hydrogens is 440 g/mol. The SMILES string of the molecule is Cc1ccc(NC(=O)Nc2ccccc2Cl)cc1C(=O)c1cn(C(C)C)c2ncnc(N)c12. The lowest BCUT2D eigenvalue weighted by Crippen LogP contribution is -2.20. The zero-order chi connectivity index (χ0) is 23.7. The van der Waals surface area contributed by atoms with Crippen molar-refractivity contribution in [1.29, 1.82) is 0 Å². The van der Waals surface area contributed by atoms with E-state index in [-0.39, 0.29) is 17.6 Å². The monoisotopic (exact) mass is 462 g/mol. The number of nitrogens with one attached hydrogen (secondary N) is 2. The lowest BCUT2D eigenvalue weighted by atomic mass is 9.98. The second-order valence-electron chi connectivity index (χ2n) is 7.92. The summed E-state index contributed by atoms with van der Waals surface area (Å²) in [7, 11) is 0. The highest BCUT2D eigenvalue weighted by molar-refractivity contribution is 6.33. The number of ketones is 1. The molecule has 0 aliphatic carbocycles. The molecule has 0 bridgehead atoms. The summed E-state index contributed by atoms with van der Waals surface area (Å²) in [5, 5.41) is 6.39. The zero-order valence-corrected chi connectivity index (χ0v) is 19.1. The number of carbonyl (C=O) groups is 2. The Labute approximate surface area is 195 Å². The van der Waals surface area contributed by atoms with Crippen LogP contribution in [0.5, 0.6) is 0 Å². The molecule has 0 fully saturated rings. The van der Waals surface area contributed by atoms with Crippen molar-refractivity contribution in [3.63, 3.8) is 0 Å². The Morgan fingerprint density at radius 2 is 1.82 bits per heavy atom. The first-order valence-corrected chi connectivity index (χ1v) is 10.7. The van der Waals surface area contributed by atoms with Gasteiger partial charge in [0, 0.05) is 23.5 Å². The van der Waals surface area contributed by atoms with Gasteiger partial charge in [0.2, 0.25) is 0 Å². The molecule has 4 N–H and O–H groups in total. The number of rotatable bonds is 5. The number of hydrogen-bond acceptors (Lipinski definition) is 5. The summed E-state index contributed by atoms with van der Waals surface area (Å²) in [5.41, 5.74) is 9.28. The molecule has 0 radical (unpaired) electrons. The number of amides is 2. The van der Waals surface area contributed by atoms with Gasteiger partial charge in [-0.1, -0.05) is 29.8 Å². The van der Waals surface area contributed by atoms with Gasteiger partial charge in [0.05, 0.1) is 21.7 Å². The summed E-state index contributed by atoms with van der Waals surface area (Å²) < 4.78 is 1.90. The first-order chi connectivity index (χ1) is 15.8. The van der Waals surface area contributed by atoms with Gasteiger partial charge >= 0.3 is 6.03 Å². The quantitative estimate of drug-likeness (QED) is 0.342. The van der Waals surface area contributed by atoms with E-state index in [1.807, 2.05) is 25.3 Å². The van der Waals surface area contributed by atoms with Gasteiger partial charge in [0.15, 0.2) is 5.78 Å². The third-order valence-electron chi connectivity index (χ3n) is 5.30. The molecule has 2 amide bonds. The summed E-state index contributed by atoms with van der Waals surface area (Å²) in [6, 6.07) is 11.7. The van der Waals surface area contributed by atoms with Gasteiger partial charge in [-0.15, -0.1) is 0 Å². The van der Waals surface area contributed by atoms with Crippen molar-refractivity contribution < 1.29 is 9.59 Å². The molecule has 0 spiro atoms. The van der Waals surface area contributed by atoms with Gasteiger partial charge in [0.1, 0.15) is 17.8 Å². The largest absolute Gasteiger partial charge is 0.383 e. The van der Waals surface area contributed by atoms with Crippen molar-refractivity contribution in [2.45, 2.75) is 26.8 Å². The Hall–Kier alpha value is -3.91. The van der Waals surface area contributed by atoms with Gasteiger partial charge in [0.25, 0.3) is 0 Å². The summed E-state index contributed by atoms with van der Waals surface area (Å²) in [6.07, 6.45) is 3.14. The van der Waals surface area contributed by atoms with E-state index in [0.29, 0.717) is 38.6 Å². The molecule has 2 aromatic heterocycles. The number of anilines is 3. The van der Waals surface area contributed by atoms with Gasteiger partial charge in [-0.2, -0.15) is 0 Å². The third kappa shape index (κ3) is 4.38. The predicted octanol–water partition coefficient (Wildman–Crippen LogP) is 5.43. The lowest BCUT2D eigenvalue weighted by Gasteiger charge is -2.11. The number of urea groups is 1. The normalized spacial score (nSPS) is 11.1. The van der Waals surface area contributed by atoms with Crippen molar-refractivity contribution in [1.82, 2.24) is 14.5 Å². The Balaban J connectivity index is 1.67. The molecule has 0 atom stereocenters. The molecule has 4 aromatic rings. The van der Waals surface area contributed by atoms with E-state index in [1.165, 1.54) is 6.33 Å². The van der Waals surface area contributed by atoms with E-state index in [0.717, 1.165) is 5.56 Å². The molecule has 0 unspecified atom stereocenters. The molecule has 0 saturated carbocycles. The summed E-state index contributed by atoms with van der Waals surface area (Å²) >= 11 is 6.10. The smallest absolute Gasteiger partial charge is 0.323 e. The average molecular weight is 463 g/mol. The van der Waals surface area contributed by atoms with Crippen LogP contribution in [0.3, 0.4) is 0 Å².